The number of hydrogen-bond donors (Lipinski definition) is 0. The molecule has 1 aromatic rings. The first-order valence-corrected chi connectivity index (χ1v) is 8.02. The van der Waals surface area contributed by atoms with Crippen molar-refractivity contribution < 1.29 is 14.3 Å². The molecule has 114 valence electrons. The summed E-state index contributed by atoms with van der Waals surface area (Å²) in [6, 6.07) is 0. The molecule has 0 unspecified atom stereocenters. The smallest absolute Gasteiger partial charge is 0.273 e. The molecule has 7 heteroatoms. The minimum absolute atomic E-state index is 0.00559. The lowest BCUT2D eigenvalue weighted by Gasteiger charge is -2.47. The molecule has 2 fully saturated rings. The molecular formula is C14H19N3O3S. The molecule has 3 rings (SSSR count). The van der Waals surface area contributed by atoms with Crippen molar-refractivity contribution in [1.29, 1.82) is 0 Å². The molecule has 0 bridgehead atoms. The van der Waals surface area contributed by atoms with Crippen LogP contribution >= 0.6 is 11.3 Å². The molecule has 2 aliphatic heterocycles. The molecule has 1 spiro atoms. The van der Waals surface area contributed by atoms with Crippen LogP contribution in [0.4, 0.5) is 0 Å². The predicted octanol–water partition coefficient (Wildman–Crippen LogP) is 0.854. The Morgan fingerprint density at radius 3 is 2.81 bits per heavy atom. The van der Waals surface area contributed by atoms with E-state index in [-0.39, 0.29) is 17.2 Å². The second kappa shape index (κ2) is 5.73. The summed E-state index contributed by atoms with van der Waals surface area (Å²) in [5.41, 5.74) is 2.31. The maximum Gasteiger partial charge on any atom is 0.273 e. The summed E-state index contributed by atoms with van der Waals surface area (Å²) in [7, 11) is 1.60. The molecule has 2 amide bonds. The van der Waals surface area contributed by atoms with Gasteiger partial charge in [0.15, 0.2) is 0 Å². The fourth-order valence-electron chi connectivity index (χ4n) is 3.14. The number of thiazole rings is 1. The van der Waals surface area contributed by atoms with E-state index in [9.17, 15) is 9.59 Å². The molecular weight excluding hydrogens is 290 g/mol. The van der Waals surface area contributed by atoms with Gasteiger partial charge in [0.1, 0.15) is 5.69 Å². The van der Waals surface area contributed by atoms with Gasteiger partial charge in [-0.05, 0) is 6.42 Å². The Morgan fingerprint density at radius 2 is 2.14 bits per heavy atom. The zero-order chi connectivity index (χ0) is 14.9. The van der Waals surface area contributed by atoms with Crippen molar-refractivity contribution in [1.82, 2.24) is 14.8 Å². The van der Waals surface area contributed by atoms with Crippen LogP contribution in [0.5, 0.6) is 0 Å². The Labute approximate surface area is 127 Å². The highest BCUT2D eigenvalue weighted by atomic mass is 32.1. The predicted molar refractivity (Wildman–Crippen MR) is 78.1 cm³/mol. The summed E-state index contributed by atoms with van der Waals surface area (Å²) in [5.74, 6) is 0.157. The molecule has 0 aliphatic carbocycles. The van der Waals surface area contributed by atoms with E-state index in [1.54, 1.807) is 18.0 Å². The number of rotatable bonds is 4. The minimum atomic E-state index is 0.00559. The lowest BCUT2D eigenvalue weighted by molar-refractivity contribution is -0.132. The monoisotopic (exact) mass is 309 g/mol. The Morgan fingerprint density at radius 1 is 1.38 bits per heavy atom. The summed E-state index contributed by atoms with van der Waals surface area (Å²) >= 11 is 1.43. The quantitative estimate of drug-likeness (QED) is 0.827. The summed E-state index contributed by atoms with van der Waals surface area (Å²) < 4.78 is 4.95. The van der Waals surface area contributed by atoms with Crippen molar-refractivity contribution >= 4 is 23.2 Å². The van der Waals surface area contributed by atoms with Crippen LogP contribution in [0.2, 0.25) is 0 Å². The topological polar surface area (TPSA) is 62.7 Å². The van der Waals surface area contributed by atoms with Crippen LogP contribution in [-0.2, 0) is 9.53 Å². The largest absolute Gasteiger partial charge is 0.384 e. The highest BCUT2D eigenvalue weighted by molar-refractivity contribution is 7.07. The number of nitrogens with zero attached hydrogens (tertiary/aromatic N) is 3. The lowest BCUT2D eigenvalue weighted by atomic mass is 9.79. The number of ether oxygens (including phenoxy) is 1. The van der Waals surface area contributed by atoms with Gasteiger partial charge in [0.2, 0.25) is 5.91 Å². The first-order valence-electron chi connectivity index (χ1n) is 7.08. The standard InChI is InChI=1S/C14H19N3O3S/c1-20-5-2-12(18)16-4-3-14(7-16)8-17(9-14)13(19)11-6-21-10-15-11/h6,10H,2-5,7-9H2,1H3. The van der Waals surface area contributed by atoms with Gasteiger partial charge in [-0.15, -0.1) is 11.3 Å². The van der Waals surface area contributed by atoms with Gasteiger partial charge >= 0.3 is 0 Å². The zero-order valence-corrected chi connectivity index (χ0v) is 12.9. The molecule has 21 heavy (non-hydrogen) atoms. The molecule has 0 aromatic carbocycles. The highest BCUT2D eigenvalue weighted by Crippen LogP contribution is 2.40. The first-order chi connectivity index (χ1) is 10.1. The molecule has 0 N–H and O–H groups in total. The lowest BCUT2D eigenvalue weighted by Crippen LogP contribution is -2.59. The second-order valence-electron chi connectivity index (χ2n) is 5.84. The van der Waals surface area contributed by atoms with Crippen LogP contribution in [0.1, 0.15) is 23.3 Å². The van der Waals surface area contributed by atoms with Gasteiger partial charge in [-0.3, -0.25) is 9.59 Å². The number of carbonyl (C=O) groups excluding carboxylic acids is 2. The maximum atomic E-state index is 12.2. The van der Waals surface area contributed by atoms with Crippen LogP contribution in [-0.4, -0.2) is 66.5 Å². The normalized spacial score (nSPS) is 19.9. The van der Waals surface area contributed by atoms with Gasteiger partial charge in [-0.2, -0.15) is 0 Å². The number of aromatic nitrogens is 1. The van der Waals surface area contributed by atoms with Crippen molar-refractivity contribution in [2.45, 2.75) is 12.8 Å². The Hall–Kier alpha value is -1.47. The van der Waals surface area contributed by atoms with Crippen molar-refractivity contribution in [3.05, 3.63) is 16.6 Å². The minimum Gasteiger partial charge on any atom is -0.384 e. The van der Waals surface area contributed by atoms with Gasteiger partial charge in [-0.25, -0.2) is 4.98 Å². The summed E-state index contributed by atoms with van der Waals surface area (Å²) in [6.45, 7) is 3.49. The van der Waals surface area contributed by atoms with E-state index in [2.05, 4.69) is 4.98 Å². The first kappa shape index (κ1) is 14.5. The zero-order valence-electron chi connectivity index (χ0n) is 12.1. The molecule has 0 atom stereocenters. The number of amides is 2. The third-order valence-electron chi connectivity index (χ3n) is 4.30. The van der Waals surface area contributed by atoms with Crippen LogP contribution in [0.3, 0.4) is 0 Å². The Bertz CT molecular complexity index is 526. The van der Waals surface area contributed by atoms with Crippen molar-refractivity contribution in [3.8, 4) is 0 Å². The number of methoxy groups -OCH3 is 1. The number of hydrogen-bond acceptors (Lipinski definition) is 5. The summed E-state index contributed by atoms with van der Waals surface area (Å²) in [5, 5.41) is 1.78. The van der Waals surface area contributed by atoms with Crippen molar-refractivity contribution in [3.63, 3.8) is 0 Å². The van der Waals surface area contributed by atoms with Crippen molar-refractivity contribution in [2.75, 3.05) is 39.9 Å². The van der Waals surface area contributed by atoms with Gasteiger partial charge in [0, 0.05) is 44.1 Å². The van der Waals surface area contributed by atoms with E-state index in [4.69, 9.17) is 4.74 Å². The third-order valence-corrected chi connectivity index (χ3v) is 4.89. The number of carbonyl (C=O) groups is 2. The van der Waals surface area contributed by atoms with Gasteiger partial charge in [0.05, 0.1) is 18.5 Å². The average molecular weight is 309 g/mol. The Balaban J connectivity index is 1.52. The summed E-state index contributed by atoms with van der Waals surface area (Å²) in [6.07, 6.45) is 1.42. The van der Waals surface area contributed by atoms with Crippen LogP contribution in [0, 0.1) is 5.41 Å². The van der Waals surface area contributed by atoms with E-state index >= 15 is 0 Å². The van der Waals surface area contributed by atoms with Gasteiger partial charge in [-0.1, -0.05) is 0 Å². The summed E-state index contributed by atoms with van der Waals surface area (Å²) in [4.78, 5) is 31.9. The third kappa shape index (κ3) is 2.80. The molecule has 0 radical (unpaired) electrons. The molecule has 2 saturated heterocycles. The van der Waals surface area contributed by atoms with Crippen LogP contribution < -0.4 is 0 Å². The van der Waals surface area contributed by atoms with Gasteiger partial charge < -0.3 is 14.5 Å². The fourth-order valence-corrected chi connectivity index (χ4v) is 3.67. The molecule has 1 aromatic heterocycles. The molecule has 3 heterocycles. The molecule has 2 aliphatic rings. The average Bonchev–Trinajstić information content (AvgIpc) is 3.11. The number of likely N-dealkylation sites (tertiary alicyclic amines) is 2. The van der Waals surface area contributed by atoms with E-state index in [0.29, 0.717) is 18.7 Å². The van der Waals surface area contributed by atoms with Crippen LogP contribution in [0.15, 0.2) is 10.9 Å². The van der Waals surface area contributed by atoms with Crippen molar-refractivity contribution in [2.24, 2.45) is 5.41 Å². The second-order valence-corrected chi connectivity index (χ2v) is 6.56. The highest BCUT2D eigenvalue weighted by Gasteiger charge is 2.50. The fraction of sp³-hybridized carbons (Fsp3) is 0.643. The Kier molecular flexibility index (Phi) is 3.95. The molecule has 6 nitrogen and oxygen atoms in total. The van der Waals surface area contributed by atoms with Gasteiger partial charge in [0.25, 0.3) is 5.91 Å². The van der Waals surface area contributed by atoms with E-state index in [0.717, 1.165) is 32.6 Å². The van der Waals surface area contributed by atoms with E-state index in [1.165, 1.54) is 11.3 Å². The SMILES string of the molecule is COCCC(=O)N1CCC2(C1)CN(C(=O)c1cscn1)C2. The molecule has 0 saturated carbocycles. The van der Waals surface area contributed by atoms with E-state index in [1.807, 2.05) is 9.80 Å². The van der Waals surface area contributed by atoms with Crippen LogP contribution in [0.25, 0.3) is 0 Å². The maximum absolute atomic E-state index is 12.2. The van der Waals surface area contributed by atoms with E-state index < -0.39 is 0 Å².